The van der Waals surface area contributed by atoms with Gasteiger partial charge in [0.2, 0.25) is 0 Å². The Kier molecular flexibility index (Phi) is 4.88. The van der Waals surface area contributed by atoms with Crippen molar-refractivity contribution >= 4 is 28.0 Å². The molecule has 0 radical (unpaired) electrons. The number of nitrogens with zero attached hydrogens (tertiary/aromatic N) is 3. The van der Waals surface area contributed by atoms with E-state index in [4.69, 9.17) is 5.11 Å². The fraction of sp³-hybridized carbons (Fsp3) is 0. The summed E-state index contributed by atoms with van der Waals surface area (Å²) in [5, 5.41) is 41.5. The summed E-state index contributed by atoms with van der Waals surface area (Å²) in [6, 6.07) is 11.2. The number of nitro benzene ring substituents is 3. The number of non-ortho nitro benzene ring substituents is 1. The Morgan fingerprint density at radius 1 is 0.840 bits per heavy atom. The van der Waals surface area contributed by atoms with Gasteiger partial charge in [-0.1, -0.05) is 18.2 Å². The third kappa shape index (κ3) is 3.85. The Morgan fingerprint density at radius 3 is 1.88 bits per heavy atom. The highest BCUT2D eigenvalue weighted by Gasteiger charge is 2.30. The molecule has 1 heterocycles. The lowest BCUT2D eigenvalue weighted by Gasteiger charge is -1.97. The Labute approximate surface area is 138 Å². The van der Waals surface area contributed by atoms with E-state index in [1.165, 1.54) is 10.9 Å². The van der Waals surface area contributed by atoms with Crippen molar-refractivity contribution in [1.29, 1.82) is 0 Å². The molecular weight excluding hydrogens is 336 g/mol. The van der Waals surface area contributed by atoms with E-state index in [-0.39, 0.29) is 0 Å². The number of aromatic hydroxyl groups is 1. The van der Waals surface area contributed by atoms with Gasteiger partial charge in [0.05, 0.1) is 26.9 Å². The highest BCUT2D eigenvalue weighted by atomic mass is 16.6. The number of nitro groups is 3. The first kappa shape index (κ1) is 17.3. The van der Waals surface area contributed by atoms with Gasteiger partial charge in [-0.25, -0.2) is 0 Å². The smallest absolute Gasteiger partial charge is 0.324 e. The van der Waals surface area contributed by atoms with Gasteiger partial charge in [0.1, 0.15) is 0 Å². The molecular formula is C14H10N4O7. The van der Waals surface area contributed by atoms with E-state index in [0.717, 1.165) is 0 Å². The third-order valence-electron chi connectivity index (χ3n) is 3.12. The van der Waals surface area contributed by atoms with Gasteiger partial charge >= 0.3 is 11.4 Å². The van der Waals surface area contributed by atoms with Crippen LogP contribution in [0.2, 0.25) is 0 Å². The Balaban J connectivity index is 0.000000208. The van der Waals surface area contributed by atoms with Crippen LogP contribution in [0.15, 0.2) is 48.7 Å². The molecule has 2 aromatic carbocycles. The van der Waals surface area contributed by atoms with Crippen LogP contribution in [0, 0.1) is 30.3 Å². The number of fused-ring (bicyclic) bond motifs is 1. The lowest BCUT2D eigenvalue weighted by Crippen LogP contribution is -1.97. The standard InChI is InChI=1S/C8H7N.C6H3N3O7/c1-2-4-8-7(3-1)5-6-9-8;10-6-4(8(13)14)1-3(7(11)12)2-5(6)9(15)16/h1-6,9H;1-2,10H. The summed E-state index contributed by atoms with van der Waals surface area (Å²) in [7, 11) is 0. The van der Waals surface area contributed by atoms with Crippen molar-refractivity contribution in [3.8, 4) is 5.75 Å². The fourth-order valence-electron chi connectivity index (χ4n) is 1.97. The number of benzene rings is 2. The maximum atomic E-state index is 10.4. The first-order valence-corrected chi connectivity index (χ1v) is 6.63. The molecule has 0 aliphatic rings. The van der Waals surface area contributed by atoms with E-state index in [1.54, 1.807) is 0 Å². The van der Waals surface area contributed by atoms with E-state index < -0.39 is 37.6 Å². The van der Waals surface area contributed by atoms with Crippen molar-refractivity contribution in [2.24, 2.45) is 0 Å². The van der Waals surface area contributed by atoms with E-state index in [9.17, 15) is 30.3 Å². The van der Waals surface area contributed by atoms with Crippen LogP contribution in [-0.4, -0.2) is 24.9 Å². The summed E-state index contributed by atoms with van der Waals surface area (Å²) in [6.07, 6.45) is 1.95. The van der Waals surface area contributed by atoms with Crippen molar-refractivity contribution in [3.05, 3.63) is 79.0 Å². The molecule has 128 valence electrons. The van der Waals surface area contributed by atoms with E-state index >= 15 is 0 Å². The van der Waals surface area contributed by atoms with Crippen molar-refractivity contribution < 1.29 is 19.9 Å². The summed E-state index contributed by atoms with van der Waals surface area (Å²) in [4.78, 5) is 30.9. The first-order chi connectivity index (χ1) is 11.8. The molecule has 0 amide bonds. The van der Waals surface area contributed by atoms with Crippen LogP contribution >= 0.6 is 0 Å². The summed E-state index contributed by atoms with van der Waals surface area (Å²) in [5.74, 6) is -1.21. The SMILES string of the molecule is O=[N+]([O-])c1cc([N+](=O)[O-])c(O)c([N+](=O)[O-])c1.c1ccc2[nH]ccc2c1. The number of para-hydroxylation sites is 1. The van der Waals surface area contributed by atoms with Crippen LogP contribution in [0.25, 0.3) is 10.9 Å². The van der Waals surface area contributed by atoms with Crippen LogP contribution in [0.3, 0.4) is 0 Å². The van der Waals surface area contributed by atoms with Crippen molar-refractivity contribution in [2.45, 2.75) is 0 Å². The van der Waals surface area contributed by atoms with Gasteiger partial charge in [-0.2, -0.15) is 0 Å². The zero-order chi connectivity index (χ0) is 18.6. The predicted molar refractivity (Wildman–Crippen MR) is 86.4 cm³/mol. The number of phenolic OH excluding ortho intramolecular Hbond substituents is 1. The Bertz CT molecular complexity index is 901. The normalized spacial score (nSPS) is 9.92. The number of phenols is 1. The van der Waals surface area contributed by atoms with E-state index in [2.05, 4.69) is 23.2 Å². The highest BCUT2D eigenvalue weighted by molar-refractivity contribution is 5.78. The molecule has 11 heteroatoms. The second kappa shape index (κ2) is 7.04. The zero-order valence-corrected chi connectivity index (χ0v) is 12.4. The minimum Gasteiger partial charge on any atom is -0.497 e. The largest absolute Gasteiger partial charge is 0.497 e. The van der Waals surface area contributed by atoms with Gasteiger partial charge in [0.25, 0.3) is 11.4 Å². The second-order valence-corrected chi connectivity index (χ2v) is 4.67. The van der Waals surface area contributed by atoms with E-state index in [1.807, 2.05) is 18.3 Å². The molecule has 3 aromatic rings. The van der Waals surface area contributed by atoms with Gasteiger partial charge in [-0.3, -0.25) is 30.3 Å². The molecule has 3 rings (SSSR count). The summed E-state index contributed by atoms with van der Waals surface area (Å²) in [5.41, 5.74) is -1.80. The molecule has 0 spiro atoms. The van der Waals surface area contributed by atoms with Crippen LogP contribution in [0.5, 0.6) is 5.75 Å². The molecule has 0 saturated carbocycles. The molecule has 0 aliphatic carbocycles. The van der Waals surface area contributed by atoms with Gasteiger partial charge in [-0.05, 0) is 17.5 Å². The van der Waals surface area contributed by atoms with Gasteiger partial charge in [-0.15, -0.1) is 0 Å². The fourth-order valence-corrected chi connectivity index (χ4v) is 1.97. The lowest BCUT2D eigenvalue weighted by atomic mass is 10.2. The molecule has 0 bridgehead atoms. The molecule has 25 heavy (non-hydrogen) atoms. The quantitative estimate of drug-likeness (QED) is 0.542. The van der Waals surface area contributed by atoms with Crippen molar-refractivity contribution in [1.82, 2.24) is 4.98 Å². The molecule has 0 saturated heterocycles. The summed E-state index contributed by atoms with van der Waals surface area (Å²) < 4.78 is 0. The van der Waals surface area contributed by atoms with Gasteiger partial charge in [0.15, 0.2) is 0 Å². The monoisotopic (exact) mass is 346 g/mol. The number of hydrogen-bond acceptors (Lipinski definition) is 7. The summed E-state index contributed by atoms with van der Waals surface area (Å²) in [6.45, 7) is 0. The Morgan fingerprint density at radius 2 is 1.40 bits per heavy atom. The maximum Gasteiger partial charge on any atom is 0.324 e. The summed E-state index contributed by atoms with van der Waals surface area (Å²) >= 11 is 0. The third-order valence-corrected chi connectivity index (χ3v) is 3.12. The number of H-pyrrole nitrogens is 1. The van der Waals surface area contributed by atoms with Crippen LogP contribution in [0.1, 0.15) is 0 Å². The second-order valence-electron chi connectivity index (χ2n) is 4.67. The Hall–Kier alpha value is -4.02. The van der Waals surface area contributed by atoms with Crippen LogP contribution in [-0.2, 0) is 0 Å². The molecule has 0 aliphatic heterocycles. The van der Waals surface area contributed by atoms with Crippen LogP contribution < -0.4 is 0 Å². The van der Waals surface area contributed by atoms with Crippen LogP contribution in [0.4, 0.5) is 17.1 Å². The molecule has 0 unspecified atom stereocenters. The lowest BCUT2D eigenvalue weighted by molar-refractivity contribution is -0.404. The van der Waals surface area contributed by atoms with Gasteiger partial charge < -0.3 is 10.1 Å². The number of nitrogens with one attached hydrogen (secondary N) is 1. The topological polar surface area (TPSA) is 165 Å². The predicted octanol–water partition coefficient (Wildman–Crippen LogP) is 3.28. The minimum absolute atomic E-state index is 0.447. The average Bonchev–Trinajstić information content (AvgIpc) is 3.03. The number of aromatic amines is 1. The molecule has 0 fully saturated rings. The molecule has 2 N–H and O–H groups in total. The van der Waals surface area contributed by atoms with E-state index in [0.29, 0.717) is 12.1 Å². The highest BCUT2D eigenvalue weighted by Crippen LogP contribution is 2.38. The molecule has 0 atom stereocenters. The molecule has 11 nitrogen and oxygen atoms in total. The average molecular weight is 346 g/mol. The van der Waals surface area contributed by atoms with Crippen molar-refractivity contribution in [3.63, 3.8) is 0 Å². The molecule has 1 aromatic heterocycles. The zero-order valence-electron chi connectivity index (χ0n) is 12.4. The van der Waals surface area contributed by atoms with Gasteiger partial charge in [0, 0.05) is 11.7 Å². The van der Waals surface area contributed by atoms with Crippen molar-refractivity contribution in [2.75, 3.05) is 0 Å². The number of aromatic nitrogens is 1. The number of rotatable bonds is 3. The number of hydrogen-bond donors (Lipinski definition) is 2. The minimum atomic E-state index is -1.21. The maximum absolute atomic E-state index is 10.4. The first-order valence-electron chi connectivity index (χ1n) is 6.63.